The summed E-state index contributed by atoms with van der Waals surface area (Å²) in [7, 11) is 1.29. The zero-order chi connectivity index (χ0) is 20.6. The molecule has 0 bridgehead atoms. The molecule has 0 radical (unpaired) electrons. The van der Waals surface area contributed by atoms with Gasteiger partial charge in [-0.25, -0.2) is 4.79 Å². The predicted octanol–water partition coefficient (Wildman–Crippen LogP) is 3.42. The van der Waals surface area contributed by atoms with Crippen LogP contribution in [0.2, 0.25) is 0 Å². The van der Waals surface area contributed by atoms with Crippen LogP contribution in [0, 0.1) is 11.3 Å². The maximum Gasteiger partial charge on any atom is 0.376 e. The second-order valence-electron chi connectivity index (χ2n) is 7.93. The van der Waals surface area contributed by atoms with E-state index in [9.17, 15) is 14.9 Å². The maximum absolute atomic E-state index is 13.5. The Morgan fingerprint density at radius 1 is 1.31 bits per heavy atom. The number of ether oxygens (including phenoxy) is 1. The fourth-order valence-corrected chi connectivity index (χ4v) is 4.12. The summed E-state index contributed by atoms with van der Waals surface area (Å²) < 4.78 is 9.77. The van der Waals surface area contributed by atoms with E-state index >= 15 is 0 Å². The minimum absolute atomic E-state index is 0.0182. The van der Waals surface area contributed by atoms with E-state index in [1.807, 2.05) is 36.1 Å². The topological polar surface area (TPSA) is 96.4 Å². The lowest BCUT2D eigenvalue weighted by Gasteiger charge is -2.38. The quantitative estimate of drug-likeness (QED) is 0.739. The summed E-state index contributed by atoms with van der Waals surface area (Å²) in [6.07, 6.45) is 3.26. The van der Waals surface area contributed by atoms with Crippen molar-refractivity contribution in [2.24, 2.45) is 0 Å². The average molecular weight is 393 g/mol. The Bertz CT molecular complexity index is 986. The van der Waals surface area contributed by atoms with Crippen LogP contribution < -0.4 is 0 Å². The minimum Gasteiger partial charge on any atom is -0.463 e. The second-order valence-corrected chi connectivity index (χ2v) is 7.93. The third-order valence-corrected chi connectivity index (χ3v) is 6.11. The molecular formula is C22H23N3O4. The minimum atomic E-state index is -0.568. The molecule has 1 aliphatic carbocycles. The molecule has 2 aromatic rings. The molecule has 0 spiro atoms. The number of likely N-dealkylation sites (tertiary alicyclic amines) is 1. The lowest BCUT2D eigenvalue weighted by molar-refractivity contribution is 0.0554. The van der Waals surface area contributed by atoms with Crippen LogP contribution in [0.4, 0.5) is 0 Å². The number of methoxy groups -OCH3 is 1. The van der Waals surface area contributed by atoms with Crippen LogP contribution in [0.15, 0.2) is 34.9 Å². The first-order valence-electron chi connectivity index (χ1n) is 9.86. The number of hydrogen-bond donors (Lipinski definition) is 0. The summed E-state index contributed by atoms with van der Waals surface area (Å²) in [6.45, 7) is 2.53. The van der Waals surface area contributed by atoms with E-state index in [1.165, 1.54) is 7.11 Å². The van der Waals surface area contributed by atoms with Crippen molar-refractivity contribution in [3.8, 4) is 6.07 Å². The van der Waals surface area contributed by atoms with Crippen LogP contribution in [-0.2, 0) is 10.2 Å². The van der Waals surface area contributed by atoms with Crippen LogP contribution in [0.5, 0.6) is 0 Å². The van der Waals surface area contributed by atoms with Gasteiger partial charge in [0.15, 0.2) is 0 Å². The number of nitrogens with zero attached hydrogens (tertiary/aromatic N) is 3. The van der Waals surface area contributed by atoms with Gasteiger partial charge in [-0.05, 0) is 44.2 Å². The molecule has 4 rings (SSSR count). The summed E-state index contributed by atoms with van der Waals surface area (Å²) in [5.74, 6) is -0.582. The molecule has 150 valence electrons. The first-order chi connectivity index (χ1) is 14.0. The van der Waals surface area contributed by atoms with Crippen molar-refractivity contribution in [1.82, 2.24) is 10.1 Å². The molecule has 2 atom stereocenters. The van der Waals surface area contributed by atoms with Gasteiger partial charge in [0.1, 0.15) is 0 Å². The van der Waals surface area contributed by atoms with E-state index in [0.717, 1.165) is 31.2 Å². The van der Waals surface area contributed by atoms with Crippen molar-refractivity contribution >= 4 is 11.9 Å². The van der Waals surface area contributed by atoms with Gasteiger partial charge >= 0.3 is 5.97 Å². The van der Waals surface area contributed by atoms with Gasteiger partial charge in [0.05, 0.1) is 24.3 Å². The molecule has 29 heavy (non-hydrogen) atoms. The normalized spacial score (nSPS) is 22.6. The Kier molecular flexibility index (Phi) is 4.87. The van der Waals surface area contributed by atoms with Gasteiger partial charge in [-0.3, -0.25) is 4.79 Å². The SMILES string of the molecule is COC(=O)c1cc([C@@H]2CC[C@@H](C)N(C(=O)c3ccccc3C3(C#N)CC3)C2)no1. The zero-order valence-electron chi connectivity index (χ0n) is 16.6. The Morgan fingerprint density at radius 2 is 2.07 bits per heavy atom. The fraction of sp³-hybridized carbons (Fsp3) is 0.455. The molecule has 1 saturated heterocycles. The van der Waals surface area contributed by atoms with Crippen molar-refractivity contribution in [1.29, 1.82) is 5.26 Å². The lowest BCUT2D eigenvalue weighted by Crippen LogP contribution is -2.45. The molecule has 0 N–H and O–H groups in total. The summed E-state index contributed by atoms with van der Waals surface area (Å²) in [6, 6.07) is 11.5. The van der Waals surface area contributed by atoms with Gasteiger partial charge in [0.25, 0.3) is 5.91 Å². The summed E-state index contributed by atoms with van der Waals surface area (Å²) >= 11 is 0. The van der Waals surface area contributed by atoms with E-state index in [0.29, 0.717) is 17.8 Å². The standard InChI is InChI=1S/C22H23N3O4/c1-14-7-8-15(18-11-19(29-24-18)21(27)28-2)12-25(14)20(26)16-5-3-4-6-17(16)22(13-23)9-10-22/h3-6,11,14-15H,7-10,12H2,1-2H3/t14-,15-/m1/s1. The number of esters is 1. The van der Waals surface area contributed by atoms with Crippen LogP contribution in [-0.4, -0.2) is 41.6 Å². The largest absolute Gasteiger partial charge is 0.463 e. The van der Waals surface area contributed by atoms with E-state index in [-0.39, 0.29) is 23.6 Å². The number of piperidine rings is 1. The Balaban J connectivity index is 1.59. The van der Waals surface area contributed by atoms with Gasteiger partial charge in [-0.1, -0.05) is 23.4 Å². The zero-order valence-corrected chi connectivity index (χ0v) is 16.6. The molecule has 2 fully saturated rings. The monoisotopic (exact) mass is 393 g/mol. The number of carbonyl (C=O) groups is 2. The first kappa shape index (κ1) is 19.2. The molecule has 1 aromatic heterocycles. The molecule has 1 amide bonds. The number of aromatic nitrogens is 1. The number of carbonyl (C=O) groups excluding carboxylic acids is 2. The predicted molar refractivity (Wildman–Crippen MR) is 103 cm³/mol. The first-order valence-corrected chi connectivity index (χ1v) is 9.86. The molecular weight excluding hydrogens is 370 g/mol. The molecule has 2 aliphatic rings. The van der Waals surface area contributed by atoms with Crippen molar-refractivity contribution in [3.63, 3.8) is 0 Å². The van der Waals surface area contributed by atoms with Crippen LogP contribution >= 0.6 is 0 Å². The fourth-order valence-electron chi connectivity index (χ4n) is 4.12. The van der Waals surface area contributed by atoms with Crippen molar-refractivity contribution in [3.05, 3.63) is 52.9 Å². The molecule has 1 saturated carbocycles. The van der Waals surface area contributed by atoms with Crippen molar-refractivity contribution in [2.45, 2.75) is 50.0 Å². The summed E-state index contributed by atoms with van der Waals surface area (Å²) in [4.78, 5) is 26.9. The van der Waals surface area contributed by atoms with Gasteiger partial charge < -0.3 is 14.2 Å². The van der Waals surface area contributed by atoms with Crippen LogP contribution in [0.1, 0.15) is 70.7 Å². The van der Waals surface area contributed by atoms with Crippen molar-refractivity contribution in [2.75, 3.05) is 13.7 Å². The van der Waals surface area contributed by atoms with Gasteiger partial charge in [0, 0.05) is 30.1 Å². The third-order valence-electron chi connectivity index (χ3n) is 6.11. The van der Waals surface area contributed by atoms with Crippen molar-refractivity contribution < 1.29 is 18.8 Å². The molecule has 2 heterocycles. The average Bonchev–Trinajstić information content (AvgIpc) is 3.41. The third kappa shape index (κ3) is 3.39. The summed E-state index contributed by atoms with van der Waals surface area (Å²) in [5.41, 5.74) is 1.57. The van der Waals surface area contributed by atoms with E-state index in [4.69, 9.17) is 4.52 Å². The highest BCUT2D eigenvalue weighted by Crippen LogP contribution is 2.49. The van der Waals surface area contributed by atoms with Gasteiger partial charge in [0.2, 0.25) is 5.76 Å². The molecule has 7 heteroatoms. The number of rotatable bonds is 4. The lowest BCUT2D eigenvalue weighted by atomic mass is 9.88. The Morgan fingerprint density at radius 3 is 2.76 bits per heavy atom. The number of amides is 1. The highest BCUT2D eigenvalue weighted by molar-refractivity contribution is 5.96. The Hall–Kier alpha value is -3.14. The van der Waals surface area contributed by atoms with Crippen LogP contribution in [0.25, 0.3) is 0 Å². The Labute approximate surface area is 169 Å². The summed E-state index contributed by atoms with van der Waals surface area (Å²) in [5, 5.41) is 13.6. The molecule has 1 aromatic carbocycles. The van der Waals surface area contributed by atoms with Gasteiger partial charge in [-0.2, -0.15) is 5.26 Å². The smallest absolute Gasteiger partial charge is 0.376 e. The number of nitriles is 1. The molecule has 7 nitrogen and oxygen atoms in total. The highest BCUT2D eigenvalue weighted by atomic mass is 16.5. The van der Waals surface area contributed by atoms with Gasteiger partial charge in [-0.15, -0.1) is 0 Å². The maximum atomic E-state index is 13.5. The number of benzene rings is 1. The molecule has 1 aliphatic heterocycles. The highest BCUT2D eigenvalue weighted by Gasteiger charge is 2.47. The van der Waals surface area contributed by atoms with E-state index in [1.54, 1.807) is 6.07 Å². The molecule has 0 unspecified atom stereocenters. The second kappa shape index (κ2) is 7.36. The van der Waals surface area contributed by atoms with Crippen LogP contribution in [0.3, 0.4) is 0 Å². The van der Waals surface area contributed by atoms with E-state index < -0.39 is 11.4 Å². The van der Waals surface area contributed by atoms with E-state index in [2.05, 4.69) is 16.0 Å². The number of hydrogen-bond acceptors (Lipinski definition) is 6.